The van der Waals surface area contributed by atoms with Crippen LogP contribution in [0.15, 0.2) is 12.4 Å². The van der Waals surface area contributed by atoms with Crippen LogP contribution in [-0.2, 0) is 0 Å². The third kappa shape index (κ3) is 2.03. The van der Waals surface area contributed by atoms with Gasteiger partial charge in [-0.15, -0.1) is 0 Å². The maximum atomic E-state index is 12.3. The summed E-state index contributed by atoms with van der Waals surface area (Å²) in [6.07, 6.45) is 5.32. The van der Waals surface area contributed by atoms with E-state index in [1.54, 1.807) is 0 Å². The van der Waals surface area contributed by atoms with E-state index in [-0.39, 0.29) is 5.91 Å². The van der Waals surface area contributed by atoms with Gasteiger partial charge < -0.3 is 10.6 Å². The molecule has 1 aromatic rings. The second-order valence-corrected chi connectivity index (χ2v) is 4.91. The summed E-state index contributed by atoms with van der Waals surface area (Å²) < 4.78 is 0. The van der Waals surface area contributed by atoms with Crippen LogP contribution in [0.1, 0.15) is 23.3 Å². The van der Waals surface area contributed by atoms with Crippen molar-refractivity contribution in [2.24, 2.45) is 0 Å². The van der Waals surface area contributed by atoms with E-state index in [9.17, 15) is 4.79 Å². The smallest absolute Gasteiger partial charge is 0.274 e. The van der Waals surface area contributed by atoms with Gasteiger partial charge in [0.2, 0.25) is 0 Å². The van der Waals surface area contributed by atoms with Crippen LogP contribution >= 0.6 is 0 Å². The molecule has 96 valence electrons. The van der Waals surface area contributed by atoms with Crippen molar-refractivity contribution in [3.8, 4) is 0 Å². The van der Waals surface area contributed by atoms with E-state index < -0.39 is 0 Å². The average Bonchev–Trinajstić information content (AvgIpc) is 2.86. The van der Waals surface area contributed by atoms with E-state index in [0.717, 1.165) is 19.6 Å². The Balaban J connectivity index is 1.71. The molecule has 2 N–H and O–H groups in total. The lowest BCUT2D eigenvalue weighted by Crippen LogP contribution is -2.52. The number of nitrogen functional groups attached to an aromatic ring is 1. The first kappa shape index (κ1) is 11.4. The summed E-state index contributed by atoms with van der Waals surface area (Å²) in [5.74, 6) is 0.307. The maximum absolute atomic E-state index is 12.3. The summed E-state index contributed by atoms with van der Waals surface area (Å²) in [7, 11) is 0. The number of hydrogen-bond acceptors (Lipinski definition) is 5. The van der Waals surface area contributed by atoms with Gasteiger partial charge in [-0.25, -0.2) is 9.97 Å². The SMILES string of the molecule is Nc1cnc(C(=O)N2CCN3CCCC3C2)cn1. The van der Waals surface area contributed by atoms with Crippen LogP contribution in [0.2, 0.25) is 0 Å². The van der Waals surface area contributed by atoms with Gasteiger partial charge in [0.25, 0.3) is 5.91 Å². The van der Waals surface area contributed by atoms with Gasteiger partial charge in [-0.1, -0.05) is 0 Å². The quantitative estimate of drug-likeness (QED) is 0.754. The van der Waals surface area contributed by atoms with Gasteiger partial charge in [-0.3, -0.25) is 9.69 Å². The lowest BCUT2D eigenvalue weighted by atomic mass is 10.1. The number of carbonyl (C=O) groups excluding carboxylic acids is 1. The van der Waals surface area contributed by atoms with E-state index >= 15 is 0 Å². The summed E-state index contributed by atoms with van der Waals surface area (Å²) >= 11 is 0. The first-order chi connectivity index (χ1) is 8.74. The minimum absolute atomic E-state index is 0.0333. The molecule has 2 saturated heterocycles. The minimum Gasteiger partial charge on any atom is -0.382 e. The fourth-order valence-corrected chi connectivity index (χ4v) is 2.79. The van der Waals surface area contributed by atoms with Gasteiger partial charge in [0.05, 0.1) is 12.4 Å². The zero-order valence-corrected chi connectivity index (χ0v) is 10.2. The van der Waals surface area contributed by atoms with E-state index in [2.05, 4.69) is 14.9 Å². The molecule has 2 aliphatic heterocycles. The van der Waals surface area contributed by atoms with Gasteiger partial charge in [-0.05, 0) is 19.4 Å². The number of nitrogens with two attached hydrogens (primary N) is 1. The molecule has 1 aromatic heterocycles. The van der Waals surface area contributed by atoms with E-state index in [1.807, 2.05) is 4.90 Å². The predicted molar refractivity (Wildman–Crippen MR) is 66.9 cm³/mol. The van der Waals surface area contributed by atoms with E-state index in [4.69, 9.17) is 5.73 Å². The molecule has 18 heavy (non-hydrogen) atoms. The minimum atomic E-state index is -0.0333. The Hall–Kier alpha value is -1.69. The van der Waals surface area contributed by atoms with Gasteiger partial charge in [-0.2, -0.15) is 0 Å². The van der Waals surface area contributed by atoms with Crippen molar-refractivity contribution < 1.29 is 4.79 Å². The highest BCUT2D eigenvalue weighted by atomic mass is 16.2. The Bertz CT molecular complexity index is 446. The maximum Gasteiger partial charge on any atom is 0.274 e. The molecule has 0 saturated carbocycles. The standard InChI is InChI=1S/C12H17N5O/c13-11-7-14-10(6-15-11)12(18)17-5-4-16-3-1-2-9(16)8-17/h6-7,9H,1-5,8H2,(H2,13,15). The highest BCUT2D eigenvalue weighted by Crippen LogP contribution is 2.22. The lowest BCUT2D eigenvalue weighted by Gasteiger charge is -2.37. The van der Waals surface area contributed by atoms with Crippen molar-refractivity contribution in [3.05, 3.63) is 18.1 Å². The summed E-state index contributed by atoms with van der Waals surface area (Å²) in [4.78, 5) is 24.6. The molecule has 1 amide bonds. The topological polar surface area (TPSA) is 75.3 Å². The molecule has 1 atom stereocenters. The molecule has 0 radical (unpaired) electrons. The molecular formula is C12H17N5O. The highest BCUT2D eigenvalue weighted by Gasteiger charge is 2.33. The third-order valence-corrected chi connectivity index (χ3v) is 3.77. The molecule has 0 aliphatic carbocycles. The molecule has 0 aromatic carbocycles. The van der Waals surface area contributed by atoms with Gasteiger partial charge in [0.15, 0.2) is 0 Å². The number of carbonyl (C=O) groups is 1. The first-order valence-corrected chi connectivity index (χ1v) is 6.35. The Morgan fingerprint density at radius 3 is 2.94 bits per heavy atom. The zero-order chi connectivity index (χ0) is 12.5. The van der Waals surface area contributed by atoms with Crippen molar-refractivity contribution in [1.82, 2.24) is 19.8 Å². The Kier molecular flexibility index (Phi) is 2.87. The van der Waals surface area contributed by atoms with Crippen LogP contribution in [0.5, 0.6) is 0 Å². The molecule has 0 spiro atoms. The monoisotopic (exact) mass is 247 g/mol. The molecule has 2 aliphatic rings. The van der Waals surface area contributed by atoms with Crippen molar-refractivity contribution >= 4 is 11.7 Å². The Labute approximate surface area is 106 Å². The fraction of sp³-hybridized carbons (Fsp3) is 0.583. The van der Waals surface area contributed by atoms with Crippen molar-refractivity contribution in [3.63, 3.8) is 0 Å². The number of nitrogens with zero attached hydrogens (tertiary/aromatic N) is 4. The van der Waals surface area contributed by atoms with E-state index in [1.165, 1.54) is 31.8 Å². The Morgan fingerprint density at radius 1 is 1.28 bits per heavy atom. The lowest BCUT2D eigenvalue weighted by molar-refractivity contribution is 0.0565. The van der Waals surface area contributed by atoms with E-state index in [0.29, 0.717) is 17.6 Å². The average molecular weight is 247 g/mol. The molecular weight excluding hydrogens is 230 g/mol. The summed E-state index contributed by atoms with van der Waals surface area (Å²) in [6, 6.07) is 0.532. The van der Waals surface area contributed by atoms with Crippen LogP contribution in [0.3, 0.4) is 0 Å². The predicted octanol–water partition coefficient (Wildman–Crippen LogP) is -0.0210. The molecule has 0 bridgehead atoms. The molecule has 6 heteroatoms. The number of piperazine rings is 1. The fourth-order valence-electron chi connectivity index (χ4n) is 2.79. The number of fused-ring (bicyclic) bond motifs is 1. The van der Waals surface area contributed by atoms with Gasteiger partial charge >= 0.3 is 0 Å². The summed E-state index contributed by atoms with van der Waals surface area (Å²) in [5, 5.41) is 0. The number of hydrogen-bond donors (Lipinski definition) is 1. The van der Waals surface area contributed by atoms with Crippen LogP contribution in [0, 0.1) is 0 Å². The van der Waals surface area contributed by atoms with Gasteiger partial charge in [0, 0.05) is 25.7 Å². The normalized spacial score (nSPS) is 24.0. The number of rotatable bonds is 1. The van der Waals surface area contributed by atoms with Crippen molar-refractivity contribution in [2.75, 3.05) is 31.9 Å². The molecule has 2 fully saturated rings. The number of aromatic nitrogens is 2. The van der Waals surface area contributed by atoms with Crippen molar-refractivity contribution in [2.45, 2.75) is 18.9 Å². The van der Waals surface area contributed by atoms with Gasteiger partial charge in [0.1, 0.15) is 11.5 Å². The summed E-state index contributed by atoms with van der Waals surface area (Å²) in [5.41, 5.74) is 5.85. The second-order valence-electron chi connectivity index (χ2n) is 4.91. The molecule has 3 rings (SSSR count). The van der Waals surface area contributed by atoms with Crippen LogP contribution in [-0.4, -0.2) is 57.9 Å². The number of anilines is 1. The van der Waals surface area contributed by atoms with Crippen LogP contribution < -0.4 is 5.73 Å². The molecule has 1 unspecified atom stereocenters. The largest absolute Gasteiger partial charge is 0.382 e. The molecule has 6 nitrogen and oxygen atoms in total. The second kappa shape index (κ2) is 4.53. The van der Waals surface area contributed by atoms with Crippen LogP contribution in [0.4, 0.5) is 5.82 Å². The van der Waals surface area contributed by atoms with Crippen molar-refractivity contribution in [1.29, 1.82) is 0 Å². The van der Waals surface area contributed by atoms with Crippen LogP contribution in [0.25, 0.3) is 0 Å². The Morgan fingerprint density at radius 2 is 2.17 bits per heavy atom. The first-order valence-electron chi connectivity index (χ1n) is 6.35. The highest BCUT2D eigenvalue weighted by molar-refractivity contribution is 5.92. The zero-order valence-electron chi connectivity index (χ0n) is 10.2. The third-order valence-electron chi connectivity index (χ3n) is 3.77. The molecule has 3 heterocycles. The summed E-state index contributed by atoms with van der Waals surface area (Å²) in [6.45, 7) is 3.74. The number of amides is 1.